The maximum atomic E-state index is 12.1. The molecule has 1 aromatic heterocycles. The molecule has 118 valence electrons. The molecule has 21 heavy (non-hydrogen) atoms. The molecular weight excluding hydrogens is 291 g/mol. The molecule has 0 amide bonds. The molecule has 1 aromatic rings. The number of halogens is 3. The maximum Gasteiger partial charge on any atom is 0.492 e. The first-order chi connectivity index (χ1) is 9.81. The Morgan fingerprint density at radius 1 is 1.43 bits per heavy atom. The van der Waals surface area contributed by atoms with E-state index in [1.54, 1.807) is 0 Å². The molecule has 0 spiro atoms. The number of hydroxylamine groups is 2. The largest absolute Gasteiger partial charge is 0.492 e. The number of carbonyl (C=O) groups is 1. The van der Waals surface area contributed by atoms with Crippen LogP contribution >= 0.6 is 0 Å². The molecule has 0 N–H and O–H groups in total. The second-order valence-corrected chi connectivity index (χ2v) is 4.97. The number of nitrogens with zero attached hydrogens (tertiary/aromatic N) is 3. The molecule has 9 heteroatoms. The van der Waals surface area contributed by atoms with Gasteiger partial charge in [-0.15, -0.1) is 15.3 Å². The molecule has 1 saturated carbocycles. The third-order valence-electron chi connectivity index (χ3n) is 3.51. The van der Waals surface area contributed by atoms with Crippen LogP contribution in [0.3, 0.4) is 0 Å². The van der Waals surface area contributed by atoms with Gasteiger partial charge in [-0.2, -0.15) is 13.2 Å². The van der Waals surface area contributed by atoms with Gasteiger partial charge < -0.3 is 9.25 Å². The average Bonchev–Trinajstić information content (AvgIpc) is 3.06. The summed E-state index contributed by atoms with van der Waals surface area (Å²) in [6.07, 6.45) is -2.56. The van der Waals surface area contributed by atoms with Crippen LogP contribution in [0.5, 0.6) is 0 Å². The normalized spacial score (nSPS) is 22.8. The highest BCUT2D eigenvalue weighted by Gasteiger charge is 2.43. The van der Waals surface area contributed by atoms with Crippen molar-refractivity contribution in [2.75, 3.05) is 7.05 Å². The summed E-state index contributed by atoms with van der Waals surface area (Å²) in [5.41, 5.74) is 0. The fraction of sp³-hybridized carbons (Fsp3) is 0.750. The van der Waals surface area contributed by atoms with Crippen LogP contribution in [0.2, 0.25) is 0 Å². The molecule has 1 fully saturated rings. The molecule has 0 saturated heterocycles. The monoisotopic (exact) mass is 307 g/mol. The van der Waals surface area contributed by atoms with Crippen molar-refractivity contribution in [3.8, 4) is 0 Å². The summed E-state index contributed by atoms with van der Waals surface area (Å²) in [6, 6.07) is -0.293. The number of alkyl halides is 3. The van der Waals surface area contributed by atoms with Crippen molar-refractivity contribution in [3.05, 3.63) is 11.8 Å². The summed E-state index contributed by atoms with van der Waals surface area (Å²) in [5, 5.41) is 8.77. The smallest absolute Gasteiger partial charge is 0.425 e. The summed E-state index contributed by atoms with van der Waals surface area (Å²) in [7, 11) is 1.32. The molecule has 1 aliphatic carbocycles. The Bertz CT molecular complexity index is 503. The summed E-state index contributed by atoms with van der Waals surface area (Å²) >= 11 is 0. The Hall–Kier alpha value is -1.64. The van der Waals surface area contributed by atoms with Crippen LogP contribution < -0.4 is 0 Å². The van der Waals surface area contributed by atoms with Gasteiger partial charge in [0.2, 0.25) is 11.8 Å². The number of aryl methyl sites for hydroxylation is 1. The second-order valence-electron chi connectivity index (χ2n) is 4.97. The van der Waals surface area contributed by atoms with Gasteiger partial charge in [0.25, 0.3) is 0 Å². The zero-order valence-electron chi connectivity index (χ0n) is 11.7. The quantitative estimate of drug-likeness (QED) is 0.795. The van der Waals surface area contributed by atoms with Crippen LogP contribution in [0.1, 0.15) is 43.9 Å². The molecule has 0 aliphatic heterocycles. The molecule has 2 rings (SSSR count). The van der Waals surface area contributed by atoms with E-state index in [1.807, 2.05) is 6.92 Å². The van der Waals surface area contributed by atoms with E-state index in [4.69, 9.17) is 4.42 Å². The Morgan fingerprint density at radius 3 is 2.71 bits per heavy atom. The zero-order chi connectivity index (χ0) is 15.6. The molecule has 2 atom stereocenters. The number of hydrogen-bond donors (Lipinski definition) is 0. The molecule has 1 heterocycles. The summed E-state index contributed by atoms with van der Waals surface area (Å²) in [5.74, 6) is -1.20. The standard InChI is InChI=1S/C12H16F3N3O3/c1-3-9-16-17-10(20-9)7-4-5-8(6-7)18(2)21-11(19)12(13,14)15/h7-8H,3-6H2,1-2H3/t7-,8+/m0/s1. The van der Waals surface area contributed by atoms with Crippen LogP contribution in [-0.4, -0.2) is 40.5 Å². The van der Waals surface area contributed by atoms with Crippen LogP contribution in [-0.2, 0) is 16.1 Å². The fourth-order valence-corrected chi connectivity index (χ4v) is 2.34. The third kappa shape index (κ3) is 3.72. The number of hydrogen-bond acceptors (Lipinski definition) is 6. The van der Waals surface area contributed by atoms with Crippen molar-refractivity contribution >= 4 is 5.97 Å². The highest BCUT2D eigenvalue weighted by molar-refractivity contribution is 5.75. The summed E-state index contributed by atoms with van der Waals surface area (Å²) in [6.45, 7) is 1.89. The third-order valence-corrected chi connectivity index (χ3v) is 3.51. The van der Waals surface area contributed by atoms with Gasteiger partial charge in [0.05, 0.1) is 0 Å². The Balaban J connectivity index is 1.91. The first-order valence-corrected chi connectivity index (χ1v) is 6.65. The predicted molar refractivity (Wildman–Crippen MR) is 64.0 cm³/mol. The number of rotatable bonds is 4. The first-order valence-electron chi connectivity index (χ1n) is 6.65. The van der Waals surface area contributed by atoms with Gasteiger partial charge in [-0.1, -0.05) is 6.92 Å². The lowest BCUT2D eigenvalue weighted by Gasteiger charge is -2.23. The minimum atomic E-state index is -4.99. The predicted octanol–water partition coefficient (Wildman–Crippen LogP) is 2.22. The van der Waals surface area contributed by atoms with E-state index in [0.29, 0.717) is 37.5 Å². The van der Waals surface area contributed by atoms with Crippen molar-refractivity contribution in [1.29, 1.82) is 0 Å². The molecule has 0 radical (unpaired) electrons. The van der Waals surface area contributed by atoms with Crippen molar-refractivity contribution in [2.45, 2.75) is 50.7 Å². The Kier molecular flexibility index (Phi) is 4.50. The lowest BCUT2D eigenvalue weighted by molar-refractivity contribution is -0.240. The SMILES string of the molecule is CCc1nnc([C@H]2CC[C@@H](N(C)OC(=O)C(F)(F)F)C2)o1. The minimum absolute atomic E-state index is 0.0187. The second kappa shape index (κ2) is 6.00. The van der Waals surface area contributed by atoms with Crippen molar-refractivity contribution in [2.24, 2.45) is 0 Å². The van der Waals surface area contributed by atoms with E-state index >= 15 is 0 Å². The molecule has 6 nitrogen and oxygen atoms in total. The van der Waals surface area contributed by atoms with Crippen LogP contribution in [0, 0.1) is 0 Å². The van der Waals surface area contributed by atoms with E-state index in [1.165, 1.54) is 7.05 Å². The van der Waals surface area contributed by atoms with Crippen molar-refractivity contribution in [1.82, 2.24) is 15.3 Å². The van der Waals surface area contributed by atoms with Crippen LogP contribution in [0.15, 0.2) is 4.42 Å². The van der Waals surface area contributed by atoms with Crippen LogP contribution in [0.4, 0.5) is 13.2 Å². The molecule has 0 aromatic carbocycles. The van der Waals surface area contributed by atoms with Gasteiger partial charge in [0, 0.05) is 25.4 Å². The lowest BCUT2D eigenvalue weighted by Crippen LogP contribution is -2.37. The van der Waals surface area contributed by atoms with Gasteiger partial charge in [-0.3, -0.25) is 0 Å². The molecule has 0 unspecified atom stereocenters. The average molecular weight is 307 g/mol. The van der Waals surface area contributed by atoms with E-state index in [0.717, 1.165) is 5.06 Å². The van der Waals surface area contributed by atoms with Gasteiger partial charge >= 0.3 is 12.1 Å². The van der Waals surface area contributed by atoms with Gasteiger partial charge in [0.15, 0.2) is 0 Å². The van der Waals surface area contributed by atoms with Crippen LogP contribution in [0.25, 0.3) is 0 Å². The van der Waals surface area contributed by atoms with E-state index in [-0.39, 0.29) is 12.0 Å². The summed E-state index contributed by atoms with van der Waals surface area (Å²) in [4.78, 5) is 15.1. The van der Waals surface area contributed by atoms with Gasteiger partial charge in [0.1, 0.15) is 0 Å². The maximum absolute atomic E-state index is 12.1. The lowest BCUT2D eigenvalue weighted by atomic mass is 10.1. The Labute approximate surface area is 119 Å². The minimum Gasteiger partial charge on any atom is -0.425 e. The molecule has 1 aliphatic rings. The van der Waals surface area contributed by atoms with Crippen molar-refractivity contribution < 1.29 is 27.2 Å². The zero-order valence-corrected chi connectivity index (χ0v) is 11.7. The molecule has 0 bridgehead atoms. The number of carbonyl (C=O) groups excluding carboxylic acids is 1. The Morgan fingerprint density at radius 2 is 2.14 bits per heavy atom. The van der Waals surface area contributed by atoms with E-state index in [2.05, 4.69) is 15.0 Å². The molecular formula is C12H16F3N3O3. The number of aromatic nitrogens is 2. The first kappa shape index (κ1) is 15.7. The summed E-state index contributed by atoms with van der Waals surface area (Å²) < 4.78 is 41.9. The van der Waals surface area contributed by atoms with Gasteiger partial charge in [-0.25, -0.2) is 4.79 Å². The van der Waals surface area contributed by atoms with E-state index in [9.17, 15) is 18.0 Å². The van der Waals surface area contributed by atoms with Crippen molar-refractivity contribution in [3.63, 3.8) is 0 Å². The van der Waals surface area contributed by atoms with Gasteiger partial charge in [-0.05, 0) is 19.3 Å². The fourth-order valence-electron chi connectivity index (χ4n) is 2.34. The topological polar surface area (TPSA) is 68.5 Å². The highest BCUT2D eigenvalue weighted by Crippen LogP contribution is 2.36. The van der Waals surface area contributed by atoms with E-state index < -0.39 is 12.1 Å². The highest BCUT2D eigenvalue weighted by atomic mass is 19.4.